The first-order chi connectivity index (χ1) is 7.59. The number of carbonyl (C=O) groups is 1. The van der Waals surface area contributed by atoms with Gasteiger partial charge >= 0.3 is 5.97 Å². The first kappa shape index (κ1) is 10.5. The molecule has 1 N–H and O–H groups in total. The maximum absolute atomic E-state index is 11.0. The lowest BCUT2D eigenvalue weighted by Gasteiger charge is -2.07. The Morgan fingerprint density at radius 3 is 2.75 bits per heavy atom. The summed E-state index contributed by atoms with van der Waals surface area (Å²) in [5.74, 6) is -0.883. The molecule has 0 aliphatic heterocycles. The fourth-order valence-electron chi connectivity index (χ4n) is 1.83. The van der Waals surface area contributed by atoms with E-state index in [4.69, 9.17) is 9.52 Å². The highest BCUT2D eigenvalue weighted by Crippen LogP contribution is 2.17. The number of rotatable bonds is 3. The van der Waals surface area contributed by atoms with Gasteiger partial charge in [0.1, 0.15) is 0 Å². The van der Waals surface area contributed by atoms with Gasteiger partial charge in [-0.25, -0.2) is 4.79 Å². The van der Waals surface area contributed by atoms with Gasteiger partial charge in [0.25, 0.3) is 0 Å². The molecule has 0 aliphatic carbocycles. The monoisotopic (exact) mass is 219 g/mol. The average Bonchev–Trinajstić information content (AvgIpc) is 2.81. The zero-order valence-corrected chi connectivity index (χ0v) is 9.23. The first-order valence-electron chi connectivity index (χ1n) is 5.00. The Morgan fingerprint density at radius 2 is 2.25 bits per heavy atom. The number of carboxylic acid groups (broad SMARTS) is 1. The van der Waals surface area contributed by atoms with Gasteiger partial charge in [-0.3, -0.25) is 0 Å². The van der Waals surface area contributed by atoms with Gasteiger partial charge in [-0.05, 0) is 26.0 Å². The number of furan rings is 1. The van der Waals surface area contributed by atoms with Crippen molar-refractivity contribution in [1.29, 1.82) is 0 Å². The molecule has 2 aromatic heterocycles. The van der Waals surface area contributed by atoms with E-state index >= 15 is 0 Å². The lowest BCUT2D eigenvalue weighted by molar-refractivity contribution is 0.0696. The Labute approximate surface area is 93.1 Å². The highest BCUT2D eigenvalue weighted by atomic mass is 16.4. The smallest absolute Gasteiger partial charge is 0.337 e. The Morgan fingerprint density at radius 1 is 1.50 bits per heavy atom. The predicted octanol–water partition coefficient (Wildman–Crippen LogP) is 2.44. The van der Waals surface area contributed by atoms with Crippen molar-refractivity contribution in [3.05, 3.63) is 47.2 Å². The number of carboxylic acids is 1. The predicted molar refractivity (Wildman–Crippen MR) is 58.7 cm³/mol. The molecule has 4 heteroatoms. The van der Waals surface area contributed by atoms with Crippen LogP contribution in [0.4, 0.5) is 0 Å². The molecule has 0 spiro atoms. The molecule has 4 nitrogen and oxygen atoms in total. The lowest BCUT2D eigenvalue weighted by atomic mass is 10.2. The normalized spacial score (nSPS) is 10.6. The number of aromatic carboxylic acids is 1. The summed E-state index contributed by atoms with van der Waals surface area (Å²) in [7, 11) is 0. The van der Waals surface area contributed by atoms with Crippen LogP contribution in [0.3, 0.4) is 0 Å². The maximum Gasteiger partial charge on any atom is 0.337 e. The molecule has 84 valence electrons. The Bertz CT molecular complexity index is 509. The van der Waals surface area contributed by atoms with Crippen LogP contribution in [0.5, 0.6) is 0 Å². The SMILES string of the molecule is Cc1cc(C(=O)O)c(C)n1Cc1ccoc1. The van der Waals surface area contributed by atoms with Crippen molar-refractivity contribution in [1.82, 2.24) is 4.57 Å². The number of nitrogens with zero attached hydrogens (tertiary/aromatic N) is 1. The second-order valence-corrected chi connectivity index (χ2v) is 3.81. The highest BCUT2D eigenvalue weighted by molar-refractivity contribution is 5.89. The summed E-state index contributed by atoms with van der Waals surface area (Å²) in [5.41, 5.74) is 3.10. The quantitative estimate of drug-likeness (QED) is 0.862. The van der Waals surface area contributed by atoms with Crippen molar-refractivity contribution < 1.29 is 14.3 Å². The largest absolute Gasteiger partial charge is 0.478 e. The molecule has 0 bridgehead atoms. The van der Waals surface area contributed by atoms with Crippen molar-refractivity contribution >= 4 is 5.97 Å². The van der Waals surface area contributed by atoms with Gasteiger partial charge in [0.05, 0.1) is 24.6 Å². The van der Waals surface area contributed by atoms with Crippen LogP contribution in [-0.2, 0) is 6.54 Å². The van der Waals surface area contributed by atoms with Crippen molar-refractivity contribution in [2.24, 2.45) is 0 Å². The number of hydrogen-bond acceptors (Lipinski definition) is 2. The Kier molecular flexibility index (Phi) is 2.56. The van der Waals surface area contributed by atoms with Crippen LogP contribution in [0.25, 0.3) is 0 Å². The van der Waals surface area contributed by atoms with E-state index in [0.717, 1.165) is 17.0 Å². The molecule has 0 radical (unpaired) electrons. The summed E-state index contributed by atoms with van der Waals surface area (Å²) in [6.45, 7) is 4.36. The van der Waals surface area contributed by atoms with Gasteiger partial charge in [0.15, 0.2) is 0 Å². The third-order valence-corrected chi connectivity index (χ3v) is 2.72. The van der Waals surface area contributed by atoms with Gasteiger partial charge in [0.2, 0.25) is 0 Å². The van der Waals surface area contributed by atoms with Crippen molar-refractivity contribution in [2.75, 3.05) is 0 Å². The third kappa shape index (κ3) is 1.74. The minimum atomic E-state index is -0.883. The van der Waals surface area contributed by atoms with Gasteiger partial charge in [-0.15, -0.1) is 0 Å². The van der Waals surface area contributed by atoms with Gasteiger partial charge in [-0.2, -0.15) is 0 Å². The van der Waals surface area contributed by atoms with Crippen molar-refractivity contribution in [2.45, 2.75) is 20.4 Å². The maximum atomic E-state index is 11.0. The Hall–Kier alpha value is -1.97. The summed E-state index contributed by atoms with van der Waals surface area (Å²) in [5, 5.41) is 9.00. The minimum Gasteiger partial charge on any atom is -0.478 e. The fourth-order valence-corrected chi connectivity index (χ4v) is 1.83. The van der Waals surface area contributed by atoms with Crippen LogP contribution < -0.4 is 0 Å². The minimum absolute atomic E-state index is 0.362. The summed E-state index contributed by atoms with van der Waals surface area (Å²) in [4.78, 5) is 11.0. The second kappa shape index (κ2) is 3.89. The van der Waals surface area contributed by atoms with Crippen LogP contribution in [0, 0.1) is 13.8 Å². The highest BCUT2D eigenvalue weighted by Gasteiger charge is 2.14. The fraction of sp³-hybridized carbons (Fsp3) is 0.250. The number of hydrogen-bond donors (Lipinski definition) is 1. The van der Waals surface area contributed by atoms with E-state index in [0.29, 0.717) is 12.1 Å². The van der Waals surface area contributed by atoms with Gasteiger partial charge in [0, 0.05) is 17.0 Å². The van der Waals surface area contributed by atoms with Crippen molar-refractivity contribution in [3.8, 4) is 0 Å². The number of aromatic nitrogens is 1. The van der Waals surface area contributed by atoms with Gasteiger partial charge < -0.3 is 14.1 Å². The standard InChI is InChI=1S/C12H13NO3/c1-8-5-11(12(14)15)9(2)13(8)6-10-3-4-16-7-10/h3-5,7H,6H2,1-2H3,(H,14,15). The van der Waals surface area contributed by atoms with E-state index in [2.05, 4.69) is 0 Å². The molecular formula is C12H13NO3. The van der Waals surface area contributed by atoms with E-state index in [9.17, 15) is 4.79 Å². The molecule has 0 saturated carbocycles. The van der Waals surface area contributed by atoms with E-state index in [1.807, 2.05) is 24.5 Å². The molecule has 2 rings (SSSR count). The molecule has 16 heavy (non-hydrogen) atoms. The third-order valence-electron chi connectivity index (χ3n) is 2.72. The van der Waals surface area contributed by atoms with Crippen LogP contribution in [-0.4, -0.2) is 15.6 Å². The van der Waals surface area contributed by atoms with E-state index in [1.165, 1.54) is 0 Å². The number of aryl methyl sites for hydroxylation is 1. The average molecular weight is 219 g/mol. The van der Waals surface area contributed by atoms with Crippen LogP contribution in [0.15, 0.2) is 29.1 Å². The van der Waals surface area contributed by atoms with E-state index in [-0.39, 0.29) is 0 Å². The topological polar surface area (TPSA) is 55.4 Å². The molecule has 0 aliphatic rings. The van der Waals surface area contributed by atoms with Crippen LogP contribution in [0.2, 0.25) is 0 Å². The van der Waals surface area contributed by atoms with Crippen LogP contribution in [0.1, 0.15) is 27.3 Å². The summed E-state index contributed by atoms with van der Waals surface area (Å²) < 4.78 is 6.96. The van der Waals surface area contributed by atoms with Crippen molar-refractivity contribution in [3.63, 3.8) is 0 Å². The summed E-state index contributed by atoms with van der Waals surface area (Å²) >= 11 is 0. The molecule has 0 amide bonds. The molecule has 2 heterocycles. The lowest BCUT2D eigenvalue weighted by Crippen LogP contribution is -2.05. The molecular weight excluding hydrogens is 206 g/mol. The zero-order valence-electron chi connectivity index (χ0n) is 9.23. The Balaban J connectivity index is 2.38. The molecule has 2 aromatic rings. The first-order valence-corrected chi connectivity index (χ1v) is 5.00. The molecule has 0 unspecified atom stereocenters. The molecule has 0 saturated heterocycles. The molecule has 0 aromatic carbocycles. The van der Waals surface area contributed by atoms with Crippen LogP contribution >= 0.6 is 0 Å². The molecule has 0 atom stereocenters. The summed E-state index contributed by atoms with van der Waals surface area (Å²) in [6.07, 6.45) is 3.28. The summed E-state index contributed by atoms with van der Waals surface area (Å²) in [6, 6.07) is 3.57. The van der Waals surface area contributed by atoms with E-state index < -0.39 is 5.97 Å². The van der Waals surface area contributed by atoms with Gasteiger partial charge in [-0.1, -0.05) is 0 Å². The zero-order chi connectivity index (χ0) is 11.7. The second-order valence-electron chi connectivity index (χ2n) is 3.81. The van der Waals surface area contributed by atoms with E-state index in [1.54, 1.807) is 18.6 Å². The molecule has 0 fully saturated rings.